The highest BCUT2D eigenvalue weighted by Crippen LogP contribution is 2.25. The number of nitrogens with zero attached hydrogens (tertiary/aromatic N) is 1. The highest BCUT2D eigenvalue weighted by molar-refractivity contribution is 5.79. The number of rotatable bonds is 3. The van der Waals surface area contributed by atoms with E-state index in [4.69, 9.17) is 4.99 Å². The molecule has 2 aromatic carbocycles. The summed E-state index contributed by atoms with van der Waals surface area (Å²) in [6, 6.07) is 14.9. The first-order chi connectivity index (χ1) is 9.08. The first-order valence-corrected chi connectivity index (χ1v) is 6.74. The van der Waals surface area contributed by atoms with Gasteiger partial charge in [-0.3, -0.25) is 4.99 Å². The van der Waals surface area contributed by atoms with E-state index in [9.17, 15) is 0 Å². The average Bonchev–Trinajstić information content (AvgIpc) is 2.36. The molecule has 0 fully saturated rings. The number of aryl methyl sites for hydroxylation is 3. The standard InChI is InChI=1S/C18H21N/c1-13-10-14(2)18(15(3)11-13)16(4)19-12-17-8-6-5-7-9-17/h5-12,16H,1-4H3/t16-/m0/s1. The monoisotopic (exact) mass is 251 g/mol. The lowest BCUT2D eigenvalue weighted by Crippen LogP contribution is -1.99. The Morgan fingerprint density at radius 2 is 1.53 bits per heavy atom. The Morgan fingerprint density at radius 3 is 2.11 bits per heavy atom. The third kappa shape index (κ3) is 3.31. The van der Waals surface area contributed by atoms with Gasteiger partial charge in [0.05, 0.1) is 6.04 Å². The Bertz CT molecular complexity index is 559. The van der Waals surface area contributed by atoms with E-state index in [-0.39, 0.29) is 6.04 Å². The van der Waals surface area contributed by atoms with Crippen molar-refractivity contribution in [2.45, 2.75) is 33.7 Å². The second-order valence-corrected chi connectivity index (χ2v) is 5.18. The smallest absolute Gasteiger partial charge is 0.0726 e. The van der Waals surface area contributed by atoms with Crippen LogP contribution in [0.1, 0.15) is 40.8 Å². The van der Waals surface area contributed by atoms with Crippen molar-refractivity contribution in [1.29, 1.82) is 0 Å². The van der Waals surface area contributed by atoms with Crippen LogP contribution >= 0.6 is 0 Å². The molecule has 0 spiro atoms. The van der Waals surface area contributed by atoms with E-state index in [1.807, 2.05) is 24.4 Å². The van der Waals surface area contributed by atoms with Crippen molar-refractivity contribution < 1.29 is 0 Å². The van der Waals surface area contributed by atoms with Gasteiger partial charge in [0, 0.05) is 6.21 Å². The summed E-state index contributed by atoms with van der Waals surface area (Å²) in [6.45, 7) is 8.64. The molecule has 0 amide bonds. The van der Waals surface area contributed by atoms with Gasteiger partial charge < -0.3 is 0 Å². The molecule has 0 aliphatic rings. The minimum Gasteiger partial charge on any atom is -0.285 e. The van der Waals surface area contributed by atoms with Gasteiger partial charge in [0.2, 0.25) is 0 Å². The number of hydrogen-bond acceptors (Lipinski definition) is 1. The van der Waals surface area contributed by atoms with E-state index in [1.165, 1.54) is 22.3 Å². The molecule has 98 valence electrons. The van der Waals surface area contributed by atoms with Crippen molar-refractivity contribution in [3.63, 3.8) is 0 Å². The SMILES string of the molecule is Cc1cc(C)c([C@H](C)N=Cc2ccccc2)c(C)c1. The minimum atomic E-state index is 0.195. The fourth-order valence-electron chi connectivity index (χ4n) is 2.66. The van der Waals surface area contributed by atoms with Crippen LogP contribution in [0.4, 0.5) is 0 Å². The summed E-state index contributed by atoms with van der Waals surface area (Å²) >= 11 is 0. The number of benzene rings is 2. The maximum Gasteiger partial charge on any atom is 0.0726 e. The summed E-state index contributed by atoms with van der Waals surface area (Å²) in [7, 11) is 0. The highest BCUT2D eigenvalue weighted by atomic mass is 14.8. The average molecular weight is 251 g/mol. The maximum atomic E-state index is 4.69. The van der Waals surface area contributed by atoms with Crippen molar-refractivity contribution >= 4 is 6.21 Å². The lowest BCUT2D eigenvalue weighted by molar-refractivity contribution is 0.807. The zero-order chi connectivity index (χ0) is 13.8. The molecule has 2 rings (SSSR count). The van der Waals surface area contributed by atoms with Gasteiger partial charge in [-0.2, -0.15) is 0 Å². The molecule has 2 aromatic rings. The molecule has 0 aliphatic carbocycles. The number of aliphatic imine (C=N–C) groups is 1. The van der Waals surface area contributed by atoms with Crippen LogP contribution in [0.2, 0.25) is 0 Å². The molecule has 1 atom stereocenters. The lowest BCUT2D eigenvalue weighted by atomic mass is 9.95. The Morgan fingerprint density at radius 1 is 0.947 bits per heavy atom. The Labute approximate surface area is 116 Å². The molecule has 0 radical (unpaired) electrons. The van der Waals surface area contributed by atoms with Gasteiger partial charge in [0.15, 0.2) is 0 Å². The molecule has 0 N–H and O–H groups in total. The lowest BCUT2D eigenvalue weighted by Gasteiger charge is -2.15. The van der Waals surface area contributed by atoms with E-state index in [0.717, 1.165) is 5.56 Å². The first kappa shape index (κ1) is 13.5. The molecule has 0 bridgehead atoms. The molecule has 1 nitrogen and oxygen atoms in total. The largest absolute Gasteiger partial charge is 0.285 e. The fraction of sp³-hybridized carbons (Fsp3) is 0.278. The molecular weight excluding hydrogens is 230 g/mol. The second-order valence-electron chi connectivity index (χ2n) is 5.18. The van der Waals surface area contributed by atoms with Gasteiger partial charge >= 0.3 is 0 Å². The molecule has 0 unspecified atom stereocenters. The van der Waals surface area contributed by atoms with Crippen LogP contribution in [0.3, 0.4) is 0 Å². The topological polar surface area (TPSA) is 12.4 Å². The van der Waals surface area contributed by atoms with Gasteiger partial charge in [-0.05, 0) is 49.9 Å². The summed E-state index contributed by atoms with van der Waals surface area (Å²) in [5.74, 6) is 0. The molecule has 19 heavy (non-hydrogen) atoms. The van der Waals surface area contributed by atoms with E-state index < -0.39 is 0 Å². The van der Waals surface area contributed by atoms with Crippen molar-refractivity contribution in [3.05, 3.63) is 70.3 Å². The Hall–Kier alpha value is -1.89. The molecule has 0 saturated carbocycles. The first-order valence-electron chi connectivity index (χ1n) is 6.74. The van der Waals surface area contributed by atoms with Crippen molar-refractivity contribution in [2.75, 3.05) is 0 Å². The van der Waals surface area contributed by atoms with E-state index in [0.29, 0.717) is 0 Å². The summed E-state index contributed by atoms with van der Waals surface area (Å²) in [5.41, 5.74) is 6.47. The van der Waals surface area contributed by atoms with Crippen LogP contribution in [0.15, 0.2) is 47.5 Å². The predicted octanol–water partition coefficient (Wildman–Crippen LogP) is 4.79. The van der Waals surface area contributed by atoms with Gasteiger partial charge in [-0.25, -0.2) is 0 Å². The summed E-state index contributed by atoms with van der Waals surface area (Å²) in [6.07, 6.45) is 1.96. The third-order valence-electron chi connectivity index (χ3n) is 3.40. The van der Waals surface area contributed by atoms with E-state index >= 15 is 0 Å². The quantitative estimate of drug-likeness (QED) is 0.695. The second kappa shape index (κ2) is 5.83. The Balaban J connectivity index is 2.26. The highest BCUT2D eigenvalue weighted by Gasteiger charge is 2.10. The predicted molar refractivity (Wildman–Crippen MR) is 83.1 cm³/mol. The van der Waals surface area contributed by atoms with E-state index in [1.54, 1.807) is 0 Å². The molecule has 0 saturated heterocycles. The molecule has 0 heterocycles. The van der Waals surface area contributed by atoms with Gasteiger partial charge in [-0.15, -0.1) is 0 Å². The molecular formula is C18H21N. The van der Waals surface area contributed by atoms with Crippen LogP contribution < -0.4 is 0 Å². The van der Waals surface area contributed by atoms with Gasteiger partial charge in [0.25, 0.3) is 0 Å². The molecule has 0 aliphatic heterocycles. The van der Waals surface area contributed by atoms with Crippen molar-refractivity contribution in [3.8, 4) is 0 Å². The van der Waals surface area contributed by atoms with Crippen LogP contribution in [0, 0.1) is 20.8 Å². The van der Waals surface area contributed by atoms with E-state index in [2.05, 4.69) is 52.0 Å². The maximum absolute atomic E-state index is 4.69. The summed E-state index contributed by atoms with van der Waals surface area (Å²) in [4.78, 5) is 4.69. The number of hydrogen-bond donors (Lipinski definition) is 0. The zero-order valence-electron chi connectivity index (χ0n) is 12.1. The zero-order valence-corrected chi connectivity index (χ0v) is 12.1. The molecule has 0 aromatic heterocycles. The normalized spacial score (nSPS) is 12.8. The van der Waals surface area contributed by atoms with Crippen LogP contribution in [0.5, 0.6) is 0 Å². The summed E-state index contributed by atoms with van der Waals surface area (Å²) in [5, 5.41) is 0. The van der Waals surface area contributed by atoms with Crippen LogP contribution in [-0.4, -0.2) is 6.21 Å². The molecule has 1 heteroatoms. The Kier molecular flexibility index (Phi) is 4.16. The van der Waals surface area contributed by atoms with Crippen LogP contribution in [-0.2, 0) is 0 Å². The van der Waals surface area contributed by atoms with Gasteiger partial charge in [0.1, 0.15) is 0 Å². The summed E-state index contributed by atoms with van der Waals surface area (Å²) < 4.78 is 0. The van der Waals surface area contributed by atoms with Crippen LogP contribution in [0.25, 0.3) is 0 Å². The van der Waals surface area contributed by atoms with Crippen molar-refractivity contribution in [1.82, 2.24) is 0 Å². The fourth-order valence-corrected chi connectivity index (χ4v) is 2.66. The minimum absolute atomic E-state index is 0.195. The van der Waals surface area contributed by atoms with Crippen molar-refractivity contribution in [2.24, 2.45) is 4.99 Å². The van der Waals surface area contributed by atoms with Gasteiger partial charge in [-0.1, -0.05) is 48.0 Å². The third-order valence-corrected chi connectivity index (χ3v) is 3.40.